The Morgan fingerprint density at radius 1 is 1.26 bits per heavy atom. The monoisotopic (exact) mass is 253 g/mol. The van der Waals surface area contributed by atoms with Gasteiger partial charge in [0.15, 0.2) is 0 Å². The van der Waals surface area contributed by atoms with Crippen LogP contribution in [0.5, 0.6) is 0 Å². The number of aromatic nitrogens is 4. The van der Waals surface area contributed by atoms with Crippen molar-refractivity contribution < 1.29 is 4.79 Å². The lowest BCUT2D eigenvalue weighted by Crippen LogP contribution is -1.99. The molecule has 0 radical (unpaired) electrons. The van der Waals surface area contributed by atoms with E-state index in [4.69, 9.17) is 0 Å². The second-order valence-electron chi connectivity index (χ2n) is 4.10. The number of anilines is 1. The van der Waals surface area contributed by atoms with Crippen molar-refractivity contribution in [3.05, 3.63) is 42.5 Å². The zero-order valence-electron chi connectivity index (χ0n) is 10.2. The maximum Gasteiger partial charge on any atom is 0.212 e. The number of hydrogen-bond donors (Lipinski definition) is 1. The van der Waals surface area contributed by atoms with Gasteiger partial charge in [0.05, 0.1) is 23.6 Å². The molecule has 0 spiro atoms. The van der Waals surface area contributed by atoms with Gasteiger partial charge in [-0.1, -0.05) is 0 Å². The standard InChI is InChI=1S/C13H11N5O/c1-9-4-11(2-3-14-9)18-12-7-15-13(16-8-19)5-10(12)6-17-18/h2-8H,1H3,(H,15,16,19). The maximum atomic E-state index is 10.4. The zero-order valence-corrected chi connectivity index (χ0v) is 10.2. The van der Waals surface area contributed by atoms with Crippen molar-refractivity contribution in [2.45, 2.75) is 6.92 Å². The molecule has 3 heterocycles. The normalized spacial score (nSPS) is 10.6. The van der Waals surface area contributed by atoms with Crippen molar-refractivity contribution in [1.29, 1.82) is 0 Å². The highest BCUT2D eigenvalue weighted by atomic mass is 16.1. The number of rotatable bonds is 3. The number of nitrogens with one attached hydrogen (secondary N) is 1. The van der Waals surface area contributed by atoms with Gasteiger partial charge in [0.1, 0.15) is 5.82 Å². The first-order valence-corrected chi connectivity index (χ1v) is 5.75. The fourth-order valence-electron chi connectivity index (χ4n) is 1.93. The van der Waals surface area contributed by atoms with Gasteiger partial charge >= 0.3 is 0 Å². The predicted molar refractivity (Wildman–Crippen MR) is 71.1 cm³/mol. The molecule has 3 aromatic heterocycles. The van der Waals surface area contributed by atoms with Crippen LogP contribution in [0.15, 0.2) is 36.8 Å². The first kappa shape index (κ1) is 11.3. The SMILES string of the molecule is Cc1cc(-n2ncc3cc(NC=O)ncc32)ccn1. The number of pyridine rings is 2. The molecule has 6 nitrogen and oxygen atoms in total. The first-order valence-electron chi connectivity index (χ1n) is 5.75. The largest absolute Gasteiger partial charge is 0.313 e. The molecule has 94 valence electrons. The van der Waals surface area contributed by atoms with Crippen LogP contribution in [0.3, 0.4) is 0 Å². The molecule has 0 fully saturated rings. The second-order valence-corrected chi connectivity index (χ2v) is 4.10. The minimum absolute atomic E-state index is 0.507. The van der Waals surface area contributed by atoms with Gasteiger partial charge in [-0.15, -0.1) is 0 Å². The Bertz CT molecular complexity index is 750. The fourth-order valence-corrected chi connectivity index (χ4v) is 1.93. The lowest BCUT2D eigenvalue weighted by Gasteiger charge is -2.04. The number of hydrogen-bond acceptors (Lipinski definition) is 4. The molecule has 3 aromatic rings. The Kier molecular flexibility index (Phi) is 2.68. The summed E-state index contributed by atoms with van der Waals surface area (Å²) < 4.78 is 1.79. The van der Waals surface area contributed by atoms with Crippen LogP contribution in [0.25, 0.3) is 16.6 Å². The number of amides is 1. The third-order valence-electron chi connectivity index (χ3n) is 2.79. The van der Waals surface area contributed by atoms with E-state index in [9.17, 15) is 4.79 Å². The Morgan fingerprint density at radius 3 is 2.95 bits per heavy atom. The lowest BCUT2D eigenvalue weighted by molar-refractivity contribution is -0.105. The molecular formula is C13H11N5O. The van der Waals surface area contributed by atoms with Crippen molar-refractivity contribution in [2.24, 2.45) is 0 Å². The molecule has 19 heavy (non-hydrogen) atoms. The molecular weight excluding hydrogens is 242 g/mol. The van der Waals surface area contributed by atoms with E-state index in [1.165, 1.54) is 0 Å². The molecule has 0 bridgehead atoms. The first-order chi connectivity index (χ1) is 9.28. The van der Waals surface area contributed by atoms with Crippen LogP contribution in [0.2, 0.25) is 0 Å². The molecule has 6 heteroatoms. The Labute approximate surface area is 109 Å². The van der Waals surface area contributed by atoms with Crippen LogP contribution in [0, 0.1) is 6.92 Å². The topological polar surface area (TPSA) is 72.7 Å². The van der Waals surface area contributed by atoms with Crippen LogP contribution in [-0.4, -0.2) is 26.2 Å². The Balaban J connectivity index is 2.13. The third-order valence-corrected chi connectivity index (χ3v) is 2.79. The number of fused-ring (bicyclic) bond motifs is 1. The molecule has 0 aliphatic rings. The zero-order chi connectivity index (χ0) is 13.2. The Morgan fingerprint density at radius 2 is 2.16 bits per heavy atom. The lowest BCUT2D eigenvalue weighted by atomic mass is 10.3. The summed E-state index contributed by atoms with van der Waals surface area (Å²) in [5.41, 5.74) is 2.73. The average molecular weight is 253 g/mol. The molecule has 0 atom stereocenters. The summed E-state index contributed by atoms with van der Waals surface area (Å²) in [6.45, 7) is 1.93. The van der Waals surface area contributed by atoms with Gasteiger partial charge in [-0.25, -0.2) is 9.67 Å². The molecule has 0 aliphatic heterocycles. The van der Waals surface area contributed by atoms with E-state index >= 15 is 0 Å². The van der Waals surface area contributed by atoms with Crippen molar-refractivity contribution in [2.75, 3.05) is 5.32 Å². The summed E-state index contributed by atoms with van der Waals surface area (Å²) in [6, 6.07) is 5.61. The van der Waals surface area contributed by atoms with E-state index in [0.717, 1.165) is 22.3 Å². The van der Waals surface area contributed by atoms with Gasteiger partial charge < -0.3 is 5.32 Å². The van der Waals surface area contributed by atoms with Crippen LogP contribution in [0.4, 0.5) is 5.82 Å². The van der Waals surface area contributed by atoms with Gasteiger partial charge in [-0.3, -0.25) is 9.78 Å². The van der Waals surface area contributed by atoms with Crippen molar-refractivity contribution in [1.82, 2.24) is 19.7 Å². The van der Waals surface area contributed by atoms with E-state index in [-0.39, 0.29) is 0 Å². The summed E-state index contributed by atoms with van der Waals surface area (Å²) in [7, 11) is 0. The molecule has 0 aromatic carbocycles. The number of carbonyl (C=O) groups excluding carboxylic acids is 1. The molecule has 0 aliphatic carbocycles. The molecule has 1 amide bonds. The summed E-state index contributed by atoms with van der Waals surface area (Å²) in [6.07, 6.45) is 5.77. The van der Waals surface area contributed by atoms with Gasteiger partial charge in [0, 0.05) is 17.3 Å². The summed E-state index contributed by atoms with van der Waals surface area (Å²) >= 11 is 0. The second kappa shape index (κ2) is 4.49. The minimum atomic E-state index is 0.507. The smallest absolute Gasteiger partial charge is 0.212 e. The minimum Gasteiger partial charge on any atom is -0.313 e. The highest BCUT2D eigenvalue weighted by molar-refractivity contribution is 5.84. The number of nitrogens with zero attached hydrogens (tertiary/aromatic N) is 4. The van der Waals surface area contributed by atoms with Crippen molar-refractivity contribution >= 4 is 23.1 Å². The average Bonchev–Trinajstić information content (AvgIpc) is 2.82. The quantitative estimate of drug-likeness (QED) is 0.721. The van der Waals surface area contributed by atoms with Crippen LogP contribution >= 0.6 is 0 Å². The summed E-state index contributed by atoms with van der Waals surface area (Å²) in [5.74, 6) is 0.507. The number of aryl methyl sites for hydroxylation is 1. The van der Waals surface area contributed by atoms with E-state index < -0.39 is 0 Å². The predicted octanol–water partition coefficient (Wildman–Crippen LogP) is 1.69. The fraction of sp³-hybridized carbons (Fsp3) is 0.0769. The van der Waals surface area contributed by atoms with E-state index in [0.29, 0.717) is 12.2 Å². The van der Waals surface area contributed by atoms with Crippen LogP contribution < -0.4 is 5.32 Å². The third kappa shape index (κ3) is 2.03. The summed E-state index contributed by atoms with van der Waals surface area (Å²) in [5, 5.41) is 7.77. The maximum absolute atomic E-state index is 10.4. The molecule has 0 saturated carbocycles. The molecule has 3 rings (SSSR count). The highest BCUT2D eigenvalue weighted by Crippen LogP contribution is 2.19. The molecule has 1 N–H and O–H groups in total. The van der Waals surface area contributed by atoms with Gasteiger partial charge in [-0.2, -0.15) is 5.10 Å². The highest BCUT2D eigenvalue weighted by Gasteiger charge is 2.06. The Hall–Kier alpha value is -2.76. The van der Waals surface area contributed by atoms with E-state index in [2.05, 4.69) is 20.4 Å². The molecule has 0 unspecified atom stereocenters. The van der Waals surface area contributed by atoms with Gasteiger partial charge in [0.25, 0.3) is 0 Å². The van der Waals surface area contributed by atoms with Crippen LogP contribution in [0.1, 0.15) is 5.69 Å². The summed E-state index contributed by atoms with van der Waals surface area (Å²) in [4.78, 5) is 18.7. The van der Waals surface area contributed by atoms with Gasteiger partial charge in [-0.05, 0) is 25.1 Å². The van der Waals surface area contributed by atoms with Crippen molar-refractivity contribution in [3.63, 3.8) is 0 Å². The van der Waals surface area contributed by atoms with Crippen molar-refractivity contribution in [3.8, 4) is 5.69 Å². The van der Waals surface area contributed by atoms with E-state index in [1.807, 2.05) is 19.1 Å². The number of carbonyl (C=O) groups is 1. The molecule has 0 saturated heterocycles. The van der Waals surface area contributed by atoms with Gasteiger partial charge in [0.2, 0.25) is 6.41 Å². The van der Waals surface area contributed by atoms with E-state index in [1.54, 1.807) is 29.3 Å². The van der Waals surface area contributed by atoms with Crippen LogP contribution in [-0.2, 0) is 4.79 Å².